The summed E-state index contributed by atoms with van der Waals surface area (Å²) in [5, 5.41) is 10.4. The summed E-state index contributed by atoms with van der Waals surface area (Å²) in [6.07, 6.45) is 0.733. The van der Waals surface area contributed by atoms with Crippen molar-refractivity contribution in [3.8, 4) is 0 Å². The monoisotopic (exact) mass is 117 g/mol. The fourth-order valence-electron chi connectivity index (χ4n) is 0.285. The Morgan fingerprint density at radius 1 is 1.75 bits per heavy atom. The van der Waals surface area contributed by atoms with E-state index in [1.165, 1.54) is 7.11 Å². The minimum atomic E-state index is 0.514. The van der Waals surface area contributed by atoms with Crippen molar-refractivity contribution in [3.05, 3.63) is 5.21 Å². The SMILES string of the molecule is CC/C(C)=[N+](\[O-])OC. The molecule has 0 aromatic heterocycles. The first-order valence-corrected chi connectivity index (χ1v) is 2.56. The van der Waals surface area contributed by atoms with E-state index in [4.69, 9.17) is 0 Å². The summed E-state index contributed by atoms with van der Waals surface area (Å²) >= 11 is 0. The van der Waals surface area contributed by atoms with E-state index in [1.54, 1.807) is 6.92 Å². The molecule has 0 saturated heterocycles. The van der Waals surface area contributed by atoms with Crippen molar-refractivity contribution in [2.45, 2.75) is 20.3 Å². The van der Waals surface area contributed by atoms with Crippen LogP contribution in [0.25, 0.3) is 0 Å². The molecule has 0 aromatic rings. The van der Waals surface area contributed by atoms with Crippen molar-refractivity contribution in [1.82, 2.24) is 0 Å². The zero-order valence-electron chi connectivity index (χ0n) is 5.47. The van der Waals surface area contributed by atoms with Gasteiger partial charge in [0.05, 0.1) is 0 Å². The van der Waals surface area contributed by atoms with E-state index in [0.717, 1.165) is 6.42 Å². The van der Waals surface area contributed by atoms with Gasteiger partial charge in [0.2, 0.25) is 5.71 Å². The molecule has 0 unspecified atom stereocenters. The Kier molecular flexibility index (Phi) is 2.99. The molecule has 0 aliphatic carbocycles. The lowest BCUT2D eigenvalue weighted by molar-refractivity contribution is -0.734. The van der Waals surface area contributed by atoms with Gasteiger partial charge in [-0.25, -0.2) is 0 Å². The Hall–Kier alpha value is -0.730. The molecule has 0 aromatic carbocycles. The van der Waals surface area contributed by atoms with Crippen LogP contribution < -0.4 is 0 Å². The zero-order valence-corrected chi connectivity index (χ0v) is 5.47. The lowest BCUT2D eigenvalue weighted by Crippen LogP contribution is -2.09. The van der Waals surface area contributed by atoms with Crippen LogP contribution in [0.5, 0.6) is 0 Å². The van der Waals surface area contributed by atoms with Gasteiger partial charge in [-0.1, -0.05) is 6.92 Å². The number of rotatable bonds is 2. The molecule has 0 radical (unpaired) electrons. The topological polar surface area (TPSA) is 35.3 Å². The van der Waals surface area contributed by atoms with Gasteiger partial charge < -0.3 is 4.84 Å². The minimum absolute atomic E-state index is 0.514. The van der Waals surface area contributed by atoms with Crippen LogP contribution in [0.15, 0.2) is 0 Å². The van der Waals surface area contributed by atoms with E-state index in [9.17, 15) is 5.21 Å². The number of nitrogens with zero attached hydrogens (tertiary/aromatic N) is 1. The Labute approximate surface area is 49.1 Å². The van der Waals surface area contributed by atoms with Crippen LogP contribution in [-0.4, -0.2) is 17.7 Å². The van der Waals surface area contributed by atoms with E-state index < -0.39 is 0 Å². The molecule has 8 heavy (non-hydrogen) atoms. The van der Waals surface area contributed by atoms with Gasteiger partial charge in [-0.05, 0) is 0 Å². The van der Waals surface area contributed by atoms with Gasteiger partial charge in [0.1, 0.15) is 0 Å². The summed E-state index contributed by atoms with van der Waals surface area (Å²) in [5.41, 5.74) is 0.688. The van der Waals surface area contributed by atoms with Gasteiger partial charge >= 0.3 is 0 Å². The van der Waals surface area contributed by atoms with Gasteiger partial charge in [-0.3, -0.25) is 5.21 Å². The maximum atomic E-state index is 10.4. The third kappa shape index (κ3) is 1.82. The van der Waals surface area contributed by atoms with Crippen molar-refractivity contribution < 1.29 is 9.74 Å². The summed E-state index contributed by atoms with van der Waals surface area (Å²) in [7, 11) is 1.35. The van der Waals surface area contributed by atoms with E-state index in [-0.39, 0.29) is 0 Å². The summed E-state index contributed by atoms with van der Waals surface area (Å²) in [6.45, 7) is 3.63. The summed E-state index contributed by atoms with van der Waals surface area (Å²) in [5.74, 6) is 0. The second-order valence-corrected chi connectivity index (χ2v) is 1.53. The van der Waals surface area contributed by atoms with E-state index in [0.29, 0.717) is 10.6 Å². The fourth-order valence-corrected chi connectivity index (χ4v) is 0.285. The molecular weight excluding hydrogens is 106 g/mol. The Bertz CT molecular complexity index is 86.6. The van der Waals surface area contributed by atoms with E-state index >= 15 is 0 Å². The molecule has 0 atom stereocenters. The van der Waals surface area contributed by atoms with Gasteiger partial charge in [-0.2, -0.15) is 0 Å². The quantitative estimate of drug-likeness (QED) is 0.306. The van der Waals surface area contributed by atoms with Crippen molar-refractivity contribution in [2.24, 2.45) is 0 Å². The maximum absolute atomic E-state index is 10.4. The molecule has 0 spiro atoms. The first-order valence-electron chi connectivity index (χ1n) is 2.56. The predicted octanol–water partition coefficient (Wildman–Crippen LogP) is 0.929. The first-order chi connectivity index (χ1) is 3.72. The van der Waals surface area contributed by atoms with Crippen molar-refractivity contribution >= 4 is 5.71 Å². The molecule has 0 fully saturated rings. The molecule has 0 bridgehead atoms. The van der Waals surface area contributed by atoms with Crippen LogP contribution in [0.3, 0.4) is 0 Å². The molecule has 0 aliphatic rings. The lowest BCUT2D eigenvalue weighted by atomic mass is 10.3. The van der Waals surface area contributed by atoms with Crippen LogP contribution in [0, 0.1) is 5.21 Å². The van der Waals surface area contributed by atoms with Crippen LogP contribution in [0.2, 0.25) is 0 Å². The van der Waals surface area contributed by atoms with Gasteiger partial charge in [-0.15, -0.1) is 0 Å². The molecule has 3 heteroatoms. The van der Waals surface area contributed by atoms with Crippen LogP contribution in [-0.2, 0) is 4.84 Å². The predicted molar refractivity (Wildman–Crippen MR) is 31.6 cm³/mol. The molecule has 0 saturated carbocycles. The van der Waals surface area contributed by atoms with E-state index in [1.807, 2.05) is 6.92 Å². The molecule has 0 amide bonds. The molecule has 3 nitrogen and oxygen atoms in total. The average molecular weight is 117 g/mol. The molecule has 0 rings (SSSR count). The number of hydrogen-bond acceptors (Lipinski definition) is 2. The Morgan fingerprint density at radius 3 is 2.38 bits per heavy atom. The van der Waals surface area contributed by atoms with Gasteiger partial charge in [0.15, 0.2) is 0 Å². The summed E-state index contributed by atoms with van der Waals surface area (Å²) in [4.78, 5) is 4.86. The van der Waals surface area contributed by atoms with Crippen molar-refractivity contribution in [2.75, 3.05) is 7.11 Å². The largest absolute Gasteiger partial charge is 0.407 e. The second-order valence-electron chi connectivity index (χ2n) is 1.53. The molecule has 48 valence electrons. The van der Waals surface area contributed by atoms with Crippen LogP contribution in [0.1, 0.15) is 20.3 Å². The smallest absolute Gasteiger partial charge is 0.218 e. The zero-order chi connectivity index (χ0) is 6.57. The molecule has 0 heterocycles. The highest BCUT2D eigenvalue weighted by molar-refractivity contribution is 5.76. The lowest BCUT2D eigenvalue weighted by Gasteiger charge is -1.97. The average Bonchev–Trinajstić information content (AvgIpc) is 1.84. The first kappa shape index (κ1) is 7.27. The summed E-state index contributed by atoms with van der Waals surface area (Å²) < 4.78 is 0. The van der Waals surface area contributed by atoms with Crippen molar-refractivity contribution in [3.63, 3.8) is 0 Å². The number of hydrogen-bond donors (Lipinski definition) is 0. The minimum Gasteiger partial charge on any atom is -0.407 e. The van der Waals surface area contributed by atoms with E-state index in [2.05, 4.69) is 4.84 Å². The van der Waals surface area contributed by atoms with Crippen LogP contribution in [0.4, 0.5) is 0 Å². The summed E-state index contributed by atoms with van der Waals surface area (Å²) in [6, 6.07) is 0. The third-order valence-corrected chi connectivity index (χ3v) is 0.989. The van der Waals surface area contributed by atoms with Crippen molar-refractivity contribution in [1.29, 1.82) is 0 Å². The fraction of sp³-hybridized carbons (Fsp3) is 0.800. The highest BCUT2D eigenvalue weighted by Crippen LogP contribution is 1.82. The Balaban J connectivity index is 3.83. The molecular formula is C5H11NO2. The molecule has 0 N–H and O–H groups in total. The highest BCUT2D eigenvalue weighted by Gasteiger charge is 1.97. The standard InChI is InChI=1S/C5H11NO2/c1-4-5(2)6(7)8-3/h4H2,1-3H3/b6-5+. The molecule has 0 aliphatic heterocycles. The third-order valence-electron chi connectivity index (χ3n) is 0.989. The van der Waals surface area contributed by atoms with Crippen LogP contribution >= 0.6 is 0 Å². The van der Waals surface area contributed by atoms with Gasteiger partial charge in [0, 0.05) is 25.4 Å². The maximum Gasteiger partial charge on any atom is 0.218 e. The normalized spacial score (nSPS) is 12.9. The Morgan fingerprint density at radius 2 is 2.25 bits per heavy atom. The second kappa shape index (κ2) is 3.29. The van der Waals surface area contributed by atoms with Gasteiger partial charge in [0.25, 0.3) is 0 Å². The highest BCUT2D eigenvalue weighted by atomic mass is 16.9.